The quantitative estimate of drug-likeness (QED) is 0.796. The largest absolute Gasteiger partial charge is 0.355 e. The molecule has 1 aromatic rings. The van der Waals surface area contributed by atoms with Crippen LogP contribution in [-0.2, 0) is 21.2 Å². The lowest BCUT2D eigenvalue weighted by Crippen LogP contribution is -2.41. The lowest BCUT2D eigenvalue weighted by molar-refractivity contribution is -0.119. The highest BCUT2D eigenvalue weighted by molar-refractivity contribution is 7.92. The van der Waals surface area contributed by atoms with Crippen LogP contribution in [0.25, 0.3) is 0 Å². The van der Waals surface area contributed by atoms with Gasteiger partial charge in [0.25, 0.3) is 0 Å². The van der Waals surface area contributed by atoms with Crippen LogP contribution in [0.5, 0.6) is 0 Å². The van der Waals surface area contributed by atoms with Crippen LogP contribution in [0, 0.1) is 5.92 Å². The first-order valence-electron chi connectivity index (χ1n) is 7.58. The number of hydrogen-bond donors (Lipinski definition) is 1. The predicted octanol–water partition coefficient (Wildman–Crippen LogP) is 2.18. The summed E-state index contributed by atoms with van der Waals surface area (Å²) >= 11 is 0. The standard InChI is InChI=1S/C16H26N2O3S/c1-5-14-8-6-7-9-15(14)18(22(4,20)21)12-16(19)17-11-10-13(2)3/h6-9,13H,5,10-12H2,1-4H3,(H,17,19). The molecule has 0 aliphatic carbocycles. The molecule has 1 amide bonds. The average Bonchev–Trinajstić information content (AvgIpc) is 2.43. The van der Waals surface area contributed by atoms with Gasteiger partial charge in [-0.3, -0.25) is 9.10 Å². The minimum Gasteiger partial charge on any atom is -0.355 e. The maximum atomic E-state index is 12.1. The molecule has 0 aliphatic rings. The Morgan fingerprint density at radius 3 is 2.45 bits per heavy atom. The van der Waals surface area contributed by atoms with E-state index in [9.17, 15) is 13.2 Å². The van der Waals surface area contributed by atoms with Gasteiger partial charge in [-0.05, 0) is 30.4 Å². The molecule has 1 rings (SSSR count). The SMILES string of the molecule is CCc1ccccc1N(CC(=O)NCCC(C)C)S(C)(=O)=O. The van der Waals surface area contributed by atoms with Crippen LogP contribution in [0.3, 0.4) is 0 Å². The first-order valence-corrected chi connectivity index (χ1v) is 9.42. The zero-order valence-electron chi connectivity index (χ0n) is 13.8. The van der Waals surface area contributed by atoms with E-state index < -0.39 is 10.0 Å². The summed E-state index contributed by atoms with van der Waals surface area (Å²) in [4.78, 5) is 12.0. The molecule has 5 nitrogen and oxygen atoms in total. The van der Waals surface area contributed by atoms with E-state index in [1.807, 2.05) is 19.1 Å². The molecule has 0 spiro atoms. The Morgan fingerprint density at radius 2 is 1.91 bits per heavy atom. The molecule has 0 saturated carbocycles. The zero-order valence-corrected chi connectivity index (χ0v) is 14.6. The summed E-state index contributed by atoms with van der Waals surface area (Å²) in [5, 5.41) is 2.78. The Kier molecular flexibility index (Phi) is 6.87. The van der Waals surface area contributed by atoms with Gasteiger partial charge in [-0.25, -0.2) is 8.42 Å². The normalized spacial score (nSPS) is 11.5. The minimum atomic E-state index is -3.51. The highest BCUT2D eigenvalue weighted by Gasteiger charge is 2.22. The summed E-state index contributed by atoms with van der Waals surface area (Å²) in [5.74, 6) is 0.212. The van der Waals surface area contributed by atoms with Gasteiger partial charge >= 0.3 is 0 Å². The minimum absolute atomic E-state index is 0.187. The number of anilines is 1. The number of hydrogen-bond acceptors (Lipinski definition) is 3. The van der Waals surface area contributed by atoms with Crippen molar-refractivity contribution in [1.29, 1.82) is 0 Å². The van der Waals surface area contributed by atoms with Gasteiger partial charge in [0.05, 0.1) is 11.9 Å². The molecular weight excluding hydrogens is 300 g/mol. The third-order valence-corrected chi connectivity index (χ3v) is 4.50. The van der Waals surface area contributed by atoms with Crippen molar-refractivity contribution in [2.45, 2.75) is 33.6 Å². The van der Waals surface area contributed by atoms with Crippen LogP contribution in [0.4, 0.5) is 5.69 Å². The molecule has 0 fully saturated rings. The van der Waals surface area contributed by atoms with Crippen molar-refractivity contribution in [3.05, 3.63) is 29.8 Å². The molecule has 0 saturated heterocycles. The molecule has 124 valence electrons. The number of amides is 1. The lowest BCUT2D eigenvalue weighted by Gasteiger charge is -2.24. The van der Waals surface area contributed by atoms with E-state index in [4.69, 9.17) is 0 Å². The van der Waals surface area contributed by atoms with Crippen LogP contribution in [-0.4, -0.2) is 33.7 Å². The number of benzene rings is 1. The Bertz CT molecular complexity index is 597. The summed E-state index contributed by atoms with van der Waals surface area (Å²) in [5.41, 5.74) is 1.48. The maximum absolute atomic E-state index is 12.1. The monoisotopic (exact) mass is 326 g/mol. The van der Waals surface area contributed by atoms with Gasteiger partial charge in [0.1, 0.15) is 6.54 Å². The lowest BCUT2D eigenvalue weighted by atomic mass is 10.1. The number of aryl methyl sites for hydroxylation is 1. The van der Waals surface area contributed by atoms with E-state index in [2.05, 4.69) is 19.2 Å². The Balaban J connectivity index is 2.89. The van der Waals surface area contributed by atoms with E-state index in [1.165, 1.54) is 4.31 Å². The van der Waals surface area contributed by atoms with Crippen molar-refractivity contribution >= 4 is 21.6 Å². The molecule has 0 atom stereocenters. The summed E-state index contributed by atoms with van der Waals surface area (Å²) in [6, 6.07) is 7.26. The van der Waals surface area contributed by atoms with Gasteiger partial charge < -0.3 is 5.32 Å². The highest BCUT2D eigenvalue weighted by atomic mass is 32.2. The average molecular weight is 326 g/mol. The summed E-state index contributed by atoms with van der Waals surface area (Å²) in [6.45, 7) is 6.48. The second kappa shape index (κ2) is 8.17. The van der Waals surface area contributed by atoms with Crippen LogP contribution >= 0.6 is 0 Å². The second-order valence-electron chi connectivity index (χ2n) is 5.78. The fourth-order valence-electron chi connectivity index (χ4n) is 2.12. The smallest absolute Gasteiger partial charge is 0.240 e. The molecule has 0 aliphatic heterocycles. The Labute approximate surface area is 133 Å². The van der Waals surface area contributed by atoms with Gasteiger partial charge in [-0.15, -0.1) is 0 Å². The van der Waals surface area contributed by atoms with Gasteiger partial charge in [0, 0.05) is 6.54 Å². The van der Waals surface area contributed by atoms with Crippen LogP contribution in [0.2, 0.25) is 0 Å². The first-order chi connectivity index (χ1) is 10.3. The molecule has 0 unspecified atom stereocenters. The van der Waals surface area contributed by atoms with Crippen molar-refractivity contribution in [2.24, 2.45) is 5.92 Å². The molecule has 6 heteroatoms. The molecule has 22 heavy (non-hydrogen) atoms. The third kappa shape index (κ3) is 5.67. The second-order valence-corrected chi connectivity index (χ2v) is 7.69. The van der Waals surface area contributed by atoms with Crippen molar-refractivity contribution < 1.29 is 13.2 Å². The third-order valence-electron chi connectivity index (χ3n) is 3.37. The molecule has 0 bridgehead atoms. The number of nitrogens with one attached hydrogen (secondary N) is 1. The zero-order chi connectivity index (χ0) is 16.8. The van der Waals surface area contributed by atoms with Crippen LogP contribution in [0.15, 0.2) is 24.3 Å². The van der Waals surface area contributed by atoms with E-state index >= 15 is 0 Å². The number of carbonyl (C=O) groups is 1. The van der Waals surface area contributed by atoms with Crippen molar-refractivity contribution in [3.63, 3.8) is 0 Å². The first kappa shape index (κ1) is 18.5. The van der Waals surface area contributed by atoms with Gasteiger partial charge in [0.15, 0.2) is 0 Å². The Hall–Kier alpha value is -1.56. The molecule has 1 aromatic carbocycles. The fraction of sp³-hybridized carbons (Fsp3) is 0.562. The molecule has 0 heterocycles. The number of nitrogens with zero attached hydrogens (tertiary/aromatic N) is 1. The highest BCUT2D eigenvalue weighted by Crippen LogP contribution is 2.23. The molecular formula is C16H26N2O3S. The van der Waals surface area contributed by atoms with E-state index in [0.29, 0.717) is 24.6 Å². The summed E-state index contributed by atoms with van der Waals surface area (Å²) in [6.07, 6.45) is 2.70. The Morgan fingerprint density at radius 1 is 1.27 bits per heavy atom. The van der Waals surface area contributed by atoms with Gasteiger partial charge in [0.2, 0.25) is 15.9 Å². The predicted molar refractivity (Wildman–Crippen MR) is 90.5 cm³/mol. The topological polar surface area (TPSA) is 66.5 Å². The number of rotatable bonds is 8. The molecule has 1 N–H and O–H groups in total. The van der Waals surface area contributed by atoms with Crippen molar-refractivity contribution in [3.8, 4) is 0 Å². The summed E-state index contributed by atoms with van der Waals surface area (Å²) < 4.78 is 25.3. The van der Waals surface area contributed by atoms with Crippen LogP contribution < -0.4 is 9.62 Å². The molecule has 0 aromatic heterocycles. The maximum Gasteiger partial charge on any atom is 0.240 e. The van der Waals surface area contributed by atoms with Crippen molar-refractivity contribution in [1.82, 2.24) is 5.32 Å². The number of sulfonamides is 1. The van der Waals surface area contributed by atoms with Gasteiger partial charge in [-0.2, -0.15) is 0 Å². The number of para-hydroxylation sites is 1. The van der Waals surface area contributed by atoms with Crippen LogP contribution in [0.1, 0.15) is 32.8 Å². The van der Waals surface area contributed by atoms with Crippen molar-refractivity contribution in [2.75, 3.05) is 23.7 Å². The van der Waals surface area contributed by atoms with E-state index in [0.717, 1.165) is 18.2 Å². The number of carbonyl (C=O) groups excluding carboxylic acids is 1. The molecule has 0 radical (unpaired) electrons. The van der Waals surface area contributed by atoms with Gasteiger partial charge in [-0.1, -0.05) is 39.0 Å². The van der Waals surface area contributed by atoms with E-state index in [1.54, 1.807) is 12.1 Å². The summed E-state index contributed by atoms with van der Waals surface area (Å²) in [7, 11) is -3.51. The fourth-order valence-corrected chi connectivity index (χ4v) is 3.01. The van der Waals surface area contributed by atoms with E-state index in [-0.39, 0.29) is 12.5 Å².